The third-order valence-corrected chi connectivity index (χ3v) is 2.92. The zero-order valence-electron chi connectivity index (χ0n) is 8.64. The van der Waals surface area contributed by atoms with Crippen LogP contribution in [0, 0.1) is 0 Å². The fourth-order valence-electron chi connectivity index (χ4n) is 1.39. The molecule has 0 aromatic carbocycles. The summed E-state index contributed by atoms with van der Waals surface area (Å²) in [6.07, 6.45) is 3.58. The van der Waals surface area contributed by atoms with Gasteiger partial charge in [-0.2, -0.15) is 0 Å². The van der Waals surface area contributed by atoms with Crippen LogP contribution in [0.15, 0.2) is 47.5 Å². The number of halogens is 1. The number of hydrogen-bond acceptors (Lipinski definition) is 2. The van der Waals surface area contributed by atoms with Gasteiger partial charge < -0.3 is 4.57 Å². The Morgan fingerprint density at radius 2 is 2.12 bits per heavy atom. The second kappa shape index (κ2) is 5.07. The van der Waals surface area contributed by atoms with Crippen molar-refractivity contribution in [3.05, 3.63) is 64.3 Å². The summed E-state index contributed by atoms with van der Waals surface area (Å²) in [4.78, 5) is 15.8. The SMILES string of the molecule is O=c1ccccn1Cc1ccc(CBr)cn1. The van der Waals surface area contributed by atoms with Gasteiger partial charge in [-0.1, -0.05) is 28.1 Å². The maximum Gasteiger partial charge on any atom is 0.250 e. The number of rotatable bonds is 3. The maximum atomic E-state index is 11.5. The lowest BCUT2D eigenvalue weighted by molar-refractivity contribution is 0.739. The molecule has 2 heterocycles. The third-order valence-electron chi connectivity index (χ3n) is 2.27. The predicted octanol–water partition coefficient (Wildman–Crippen LogP) is 2.19. The number of alkyl halides is 1. The average Bonchev–Trinajstić information content (AvgIpc) is 2.33. The highest BCUT2D eigenvalue weighted by atomic mass is 79.9. The second-order valence-electron chi connectivity index (χ2n) is 3.46. The first kappa shape index (κ1) is 11.1. The van der Waals surface area contributed by atoms with Crippen LogP contribution in [0.1, 0.15) is 11.3 Å². The Bertz CT molecular complexity index is 519. The molecule has 2 aromatic heterocycles. The summed E-state index contributed by atoms with van der Waals surface area (Å²) in [6, 6.07) is 9.07. The molecule has 0 aliphatic rings. The average molecular weight is 279 g/mol. The monoisotopic (exact) mass is 278 g/mol. The topological polar surface area (TPSA) is 34.9 Å². The Balaban J connectivity index is 2.21. The van der Waals surface area contributed by atoms with Crippen molar-refractivity contribution in [3.8, 4) is 0 Å². The molecule has 2 aromatic rings. The Morgan fingerprint density at radius 3 is 2.75 bits per heavy atom. The molecule has 0 amide bonds. The summed E-state index contributed by atoms with van der Waals surface area (Å²) < 4.78 is 1.64. The van der Waals surface area contributed by atoms with Gasteiger partial charge in [0, 0.05) is 23.8 Å². The molecule has 82 valence electrons. The highest BCUT2D eigenvalue weighted by Gasteiger charge is 1.98. The van der Waals surface area contributed by atoms with Crippen LogP contribution < -0.4 is 5.56 Å². The van der Waals surface area contributed by atoms with Crippen LogP contribution in [-0.2, 0) is 11.9 Å². The minimum atomic E-state index is -0.00568. The fraction of sp³-hybridized carbons (Fsp3) is 0.167. The molecule has 0 N–H and O–H groups in total. The van der Waals surface area contributed by atoms with Crippen molar-refractivity contribution in [2.45, 2.75) is 11.9 Å². The molecule has 0 spiro atoms. The minimum absolute atomic E-state index is 0.00568. The molecule has 0 fully saturated rings. The Kier molecular flexibility index (Phi) is 3.51. The molecule has 0 unspecified atom stereocenters. The van der Waals surface area contributed by atoms with E-state index in [4.69, 9.17) is 0 Å². The maximum absolute atomic E-state index is 11.5. The van der Waals surface area contributed by atoms with E-state index in [0.29, 0.717) is 6.54 Å². The molecule has 0 saturated carbocycles. The first-order chi connectivity index (χ1) is 7.79. The Labute approximate surface area is 102 Å². The van der Waals surface area contributed by atoms with Crippen LogP contribution >= 0.6 is 15.9 Å². The lowest BCUT2D eigenvalue weighted by atomic mass is 10.3. The van der Waals surface area contributed by atoms with E-state index in [-0.39, 0.29) is 5.56 Å². The molecule has 3 nitrogen and oxygen atoms in total. The van der Waals surface area contributed by atoms with E-state index < -0.39 is 0 Å². The summed E-state index contributed by atoms with van der Waals surface area (Å²) in [5.41, 5.74) is 2.01. The van der Waals surface area contributed by atoms with E-state index in [1.165, 1.54) is 0 Å². The van der Waals surface area contributed by atoms with Gasteiger partial charge in [0.2, 0.25) is 0 Å². The number of hydrogen-bond donors (Lipinski definition) is 0. The van der Waals surface area contributed by atoms with E-state index in [9.17, 15) is 4.79 Å². The molecule has 0 radical (unpaired) electrons. The molecular formula is C12H11BrN2O. The Hall–Kier alpha value is -1.42. The van der Waals surface area contributed by atoms with Crippen LogP contribution in [0.3, 0.4) is 0 Å². The van der Waals surface area contributed by atoms with Gasteiger partial charge in [-0.25, -0.2) is 0 Å². The van der Waals surface area contributed by atoms with Crippen molar-refractivity contribution in [3.63, 3.8) is 0 Å². The van der Waals surface area contributed by atoms with Crippen molar-refractivity contribution >= 4 is 15.9 Å². The van der Waals surface area contributed by atoms with Crippen molar-refractivity contribution in [2.24, 2.45) is 0 Å². The van der Waals surface area contributed by atoms with Crippen LogP contribution in [0.2, 0.25) is 0 Å². The summed E-state index contributed by atoms with van der Waals surface area (Å²) >= 11 is 3.37. The van der Waals surface area contributed by atoms with E-state index >= 15 is 0 Å². The highest BCUT2D eigenvalue weighted by molar-refractivity contribution is 9.08. The van der Waals surface area contributed by atoms with Crippen molar-refractivity contribution in [2.75, 3.05) is 0 Å². The highest BCUT2D eigenvalue weighted by Crippen LogP contribution is 2.05. The molecule has 0 saturated heterocycles. The van der Waals surface area contributed by atoms with Crippen molar-refractivity contribution in [1.29, 1.82) is 0 Å². The van der Waals surface area contributed by atoms with Crippen LogP contribution in [-0.4, -0.2) is 9.55 Å². The first-order valence-electron chi connectivity index (χ1n) is 4.95. The standard InChI is InChI=1S/C12H11BrN2O/c13-7-10-4-5-11(14-8-10)9-15-6-2-1-3-12(15)16/h1-6,8H,7,9H2. The van der Waals surface area contributed by atoms with E-state index in [2.05, 4.69) is 20.9 Å². The van der Waals surface area contributed by atoms with Gasteiger partial charge in [-0.3, -0.25) is 9.78 Å². The van der Waals surface area contributed by atoms with Gasteiger partial charge in [-0.05, 0) is 17.7 Å². The molecular weight excluding hydrogens is 268 g/mol. The lowest BCUT2D eigenvalue weighted by Gasteiger charge is -2.04. The van der Waals surface area contributed by atoms with Crippen LogP contribution in [0.25, 0.3) is 0 Å². The van der Waals surface area contributed by atoms with Gasteiger partial charge >= 0.3 is 0 Å². The van der Waals surface area contributed by atoms with Crippen LogP contribution in [0.4, 0.5) is 0 Å². The quantitative estimate of drug-likeness (QED) is 0.807. The van der Waals surface area contributed by atoms with Crippen molar-refractivity contribution < 1.29 is 0 Å². The largest absolute Gasteiger partial charge is 0.310 e. The van der Waals surface area contributed by atoms with Gasteiger partial charge in [-0.15, -0.1) is 0 Å². The van der Waals surface area contributed by atoms with Gasteiger partial charge in [0.25, 0.3) is 5.56 Å². The zero-order valence-corrected chi connectivity index (χ0v) is 10.2. The third kappa shape index (κ3) is 2.58. The molecule has 0 atom stereocenters. The van der Waals surface area contributed by atoms with E-state index in [1.54, 1.807) is 22.9 Å². The summed E-state index contributed by atoms with van der Waals surface area (Å²) in [6.45, 7) is 0.516. The molecule has 0 aliphatic carbocycles. The normalized spacial score (nSPS) is 10.3. The number of pyridine rings is 2. The van der Waals surface area contributed by atoms with Crippen molar-refractivity contribution in [1.82, 2.24) is 9.55 Å². The Morgan fingerprint density at radius 1 is 1.25 bits per heavy atom. The fourth-order valence-corrected chi connectivity index (χ4v) is 1.73. The zero-order chi connectivity index (χ0) is 11.4. The smallest absolute Gasteiger partial charge is 0.250 e. The minimum Gasteiger partial charge on any atom is -0.310 e. The lowest BCUT2D eigenvalue weighted by Crippen LogP contribution is -2.18. The van der Waals surface area contributed by atoms with Gasteiger partial charge in [0.05, 0.1) is 12.2 Å². The number of nitrogens with zero attached hydrogens (tertiary/aromatic N) is 2. The second-order valence-corrected chi connectivity index (χ2v) is 4.02. The van der Waals surface area contributed by atoms with E-state index in [0.717, 1.165) is 16.6 Å². The molecule has 4 heteroatoms. The summed E-state index contributed by atoms with van der Waals surface area (Å²) in [5.74, 6) is 0. The molecule has 2 rings (SSSR count). The summed E-state index contributed by atoms with van der Waals surface area (Å²) in [5, 5.41) is 0.797. The van der Waals surface area contributed by atoms with E-state index in [1.807, 2.05) is 24.4 Å². The van der Waals surface area contributed by atoms with Gasteiger partial charge in [0.1, 0.15) is 0 Å². The van der Waals surface area contributed by atoms with Gasteiger partial charge in [0.15, 0.2) is 0 Å². The van der Waals surface area contributed by atoms with Crippen LogP contribution in [0.5, 0.6) is 0 Å². The molecule has 0 bridgehead atoms. The molecule has 0 aliphatic heterocycles. The summed E-state index contributed by atoms with van der Waals surface area (Å²) in [7, 11) is 0. The first-order valence-corrected chi connectivity index (χ1v) is 6.07. The predicted molar refractivity (Wildman–Crippen MR) is 66.7 cm³/mol. The molecule has 16 heavy (non-hydrogen) atoms. The number of aromatic nitrogens is 2.